The molecular weight excluding hydrogens is 394 g/mol. The van der Waals surface area contributed by atoms with Crippen LogP contribution in [0.15, 0.2) is 58.0 Å². The fraction of sp³-hybridized carbons (Fsp3) is 0.0952. The lowest BCUT2D eigenvalue weighted by atomic mass is 10.2. The maximum atomic E-state index is 12.4. The Hall–Kier alpha value is -3.58. The summed E-state index contributed by atoms with van der Waals surface area (Å²) < 4.78 is 7.02. The first-order valence-electron chi connectivity index (χ1n) is 8.76. The summed E-state index contributed by atoms with van der Waals surface area (Å²) in [6.07, 6.45) is 1.40. The maximum absolute atomic E-state index is 12.4. The fourth-order valence-corrected chi connectivity index (χ4v) is 3.50. The number of hydrazone groups is 1. The zero-order valence-corrected chi connectivity index (χ0v) is 16.1. The van der Waals surface area contributed by atoms with Crippen molar-refractivity contribution < 1.29 is 19.1 Å². The van der Waals surface area contributed by atoms with Crippen LogP contribution < -0.4 is 5.43 Å². The Morgan fingerprint density at radius 1 is 1.24 bits per heavy atom. The molecule has 2 heterocycles. The molecule has 0 aliphatic heterocycles. The highest BCUT2D eigenvalue weighted by molar-refractivity contribution is 6.34. The minimum Gasteiger partial charge on any atom is -0.480 e. The van der Waals surface area contributed by atoms with Gasteiger partial charge >= 0.3 is 11.9 Å². The van der Waals surface area contributed by atoms with Gasteiger partial charge in [-0.25, -0.2) is 5.43 Å². The molecule has 2 aromatic heterocycles. The molecule has 0 saturated carbocycles. The number of carbonyl (C=O) groups is 2. The van der Waals surface area contributed by atoms with Gasteiger partial charge in [-0.1, -0.05) is 41.4 Å². The lowest BCUT2D eigenvalue weighted by Gasteiger charge is -2.02. The minimum atomic E-state index is -1.01. The number of benzene rings is 2. The van der Waals surface area contributed by atoms with E-state index in [1.807, 2.05) is 37.3 Å². The number of aromatic nitrogens is 1. The lowest BCUT2D eigenvalue weighted by Crippen LogP contribution is -2.16. The first-order valence-corrected chi connectivity index (χ1v) is 9.14. The molecular formula is C21H16ClN3O4. The van der Waals surface area contributed by atoms with Crippen LogP contribution in [0, 0.1) is 6.92 Å². The minimum absolute atomic E-state index is 0.141. The van der Waals surface area contributed by atoms with Gasteiger partial charge in [-0.3, -0.25) is 9.59 Å². The first kappa shape index (κ1) is 18.8. The number of amides is 1. The largest absolute Gasteiger partial charge is 0.480 e. The number of carboxylic acid groups (broad SMARTS) is 1. The van der Waals surface area contributed by atoms with Crippen LogP contribution in [-0.2, 0) is 11.3 Å². The Morgan fingerprint density at radius 3 is 2.83 bits per heavy atom. The van der Waals surface area contributed by atoms with Crippen molar-refractivity contribution in [1.29, 1.82) is 0 Å². The molecule has 0 spiro atoms. The number of halogens is 1. The smallest absolute Gasteiger partial charge is 0.323 e. The van der Waals surface area contributed by atoms with Crippen LogP contribution in [0.25, 0.3) is 21.9 Å². The third kappa shape index (κ3) is 3.60. The van der Waals surface area contributed by atoms with Gasteiger partial charge in [0.05, 0.1) is 11.7 Å². The van der Waals surface area contributed by atoms with E-state index in [-0.39, 0.29) is 17.5 Å². The van der Waals surface area contributed by atoms with Crippen LogP contribution in [0.1, 0.15) is 21.7 Å². The summed E-state index contributed by atoms with van der Waals surface area (Å²) in [6, 6.07) is 14.5. The molecule has 4 rings (SSSR count). The van der Waals surface area contributed by atoms with E-state index in [2.05, 4.69) is 10.5 Å². The highest BCUT2D eigenvalue weighted by Crippen LogP contribution is 2.28. The molecule has 146 valence electrons. The van der Waals surface area contributed by atoms with E-state index in [0.29, 0.717) is 16.7 Å². The van der Waals surface area contributed by atoms with Crippen molar-refractivity contribution in [3.05, 3.63) is 70.6 Å². The van der Waals surface area contributed by atoms with Gasteiger partial charge in [0.2, 0.25) is 0 Å². The molecule has 2 aromatic carbocycles. The Morgan fingerprint density at radius 2 is 2.03 bits per heavy atom. The second-order valence-electron chi connectivity index (χ2n) is 6.55. The number of carbonyl (C=O) groups excluding carboxylic acids is 1. The predicted octanol–water partition coefficient (Wildman–Crippen LogP) is 4.20. The van der Waals surface area contributed by atoms with Crippen LogP contribution in [-0.4, -0.2) is 27.8 Å². The van der Waals surface area contributed by atoms with Crippen LogP contribution in [0.4, 0.5) is 0 Å². The number of hydrogen-bond acceptors (Lipinski definition) is 4. The van der Waals surface area contributed by atoms with Crippen molar-refractivity contribution >= 4 is 51.6 Å². The number of rotatable bonds is 5. The van der Waals surface area contributed by atoms with E-state index in [1.165, 1.54) is 10.8 Å². The molecule has 0 atom stereocenters. The Balaban J connectivity index is 1.60. The monoisotopic (exact) mass is 409 g/mol. The summed E-state index contributed by atoms with van der Waals surface area (Å²) in [5.41, 5.74) is 5.28. The summed E-state index contributed by atoms with van der Waals surface area (Å²) in [6.45, 7) is 1.68. The van der Waals surface area contributed by atoms with Gasteiger partial charge in [0.25, 0.3) is 0 Å². The number of hydrogen-bond donors (Lipinski definition) is 2. The van der Waals surface area contributed by atoms with Crippen molar-refractivity contribution in [2.45, 2.75) is 13.5 Å². The van der Waals surface area contributed by atoms with Crippen molar-refractivity contribution in [3.8, 4) is 0 Å². The fourth-order valence-electron chi connectivity index (χ4n) is 3.20. The topological polar surface area (TPSA) is 96.8 Å². The number of fused-ring (bicyclic) bond motifs is 2. The van der Waals surface area contributed by atoms with Gasteiger partial charge in [-0.05, 0) is 31.2 Å². The average Bonchev–Trinajstić information content (AvgIpc) is 3.22. The lowest BCUT2D eigenvalue weighted by molar-refractivity contribution is -0.137. The van der Waals surface area contributed by atoms with E-state index in [0.717, 1.165) is 16.3 Å². The van der Waals surface area contributed by atoms with E-state index >= 15 is 0 Å². The molecule has 0 bridgehead atoms. The summed E-state index contributed by atoms with van der Waals surface area (Å²) >= 11 is 6.37. The summed E-state index contributed by atoms with van der Waals surface area (Å²) in [5, 5.41) is 14.9. The molecule has 0 unspecified atom stereocenters. The number of nitrogens with one attached hydrogen (secondary N) is 1. The second kappa shape index (κ2) is 7.44. The first-order chi connectivity index (χ1) is 13.9. The summed E-state index contributed by atoms with van der Waals surface area (Å²) in [5.74, 6) is -1.37. The molecule has 0 aliphatic rings. The van der Waals surface area contributed by atoms with Gasteiger partial charge in [0.15, 0.2) is 5.76 Å². The molecule has 0 fully saturated rings. The van der Waals surface area contributed by atoms with Crippen molar-refractivity contribution in [2.24, 2.45) is 5.10 Å². The third-order valence-electron chi connectivity index (χ3n) is 4.49. The Labute approximate surface area is 170 Å². The number of para-hydroxylation sites is 1. The number of aliphatic carboxylic acids is 1. The predicted molar refractivity (Wildman–Crippen MR) is 111 cm³/mol. The molecule has 8 heteroatoms. The molecule has 7 nitrogen and oxygen atoms in total. The van der Waals surface area contributed by atoms with Crippen LogP contribution in [0.2, 0.25) is 5.15 Å². The quantitative estimate of drug-likeness (QED) is 0.381. The average molecular weight is 410 g/mol. The molecule has 2 N–H and O–H groups in total. The van der Waals surface area contributed by atoms with E-state index in [9.17, 15) is 9.59 Å². The van der Waals surface area contributed by atoms with Gasteiger partial charge in [-0.2, -0.15) is 5.10 Å². The number of nitrogens with zero attached hydrogens (tertiary/aromatic N) is 2. The molecule has 1 amide bonds. The highest BCUT2D eigenvalue weighted by atomic mass is 35.5. The molecule has 4 aromatic rings. The normalized spacial score (nSPS) is 11.5. The summed E-state index contributed by atoms with van der Waals surface area (Å²) in [7, 11) is 0. The number of aryl methyl sites for hydroxylation is 1. The Kier molecular flexibility index (Phi) is 4.82. The van der Waals surface area contributed by atoms with Gasteiger partial charge < -0.3 is 14.1 Å². The SMILES string of the molecule is Cc1ccc2oc(C(=O)NN=Cc3c(Cl)n(CC(=O)O)c4ccccc34)cc2c1. The van der Waals surface area contributed by atoms with E-state index < -0.39 is 11.9 Å². The van der Waals surface area contributed by atoms with Crippen molar-refractivity contribution in [2.75, 3.05) is 0 Å². The van der Waals surface area contributed by atoms with Gasteiger partial charge in [0, 0.05) is 16.3 Å². The molecule has 0 radical (unpaired) electrons. The third-order valence-corrected chi connectivity index (χ3v) is 4.90. The van der Waals surface area contributed by atoms with Crippen LogP contribution in [0.3, 0.4) is 0 Å². The van der Waals surface area contributed by atoms with Crippen molar-refractivity contribution in [1.82, 2.24) is 9.99 Å². The zero-order chi connectivity index (χ0) is 20.5. The zero-order valence-electron chi connectivity index (χ0n) is 15.3. The maximum Gasteiger partial charge on any atom is 0.323 e. The molecule has 0 aliphatic carbocycles. The van der Waals surface area contributed by atoms with E-state index in [1.54, 1.807) is 18.2 Å². The number of carboxylic acids is 1. The van der Waals surface area contributed by atoms with Crippen LogP contribution >= 0.6 is 11.6 Å². The standard InChI is InChI=1S/C21H16ClN3O4/c1-12-6-7-17-13(8-12)9-18(29-17)21(28)24-23-10-15-14-4-2-3-5-16(14)25(20(15)22)11-19(26)27/h2-10H,11H2,1H3,(H,24,28)(H,26,27). The van der Waals surface area contributed by atoms with E-state index in [4.69, 9.17) is 21.1 Å². The highest BCUT2D eigenvalue weighted by Gasteiger charge is 2.16. The van der Waals surface area contributed by atoms with Gasteiger partial charge in [0.1, 0.15) is 17.3 Å². The Bertz CT molecular complexity index is 1290. The van der Waals surface area contributed by atoms with Gasteiger partial charge in [-0.15, -0.1) is 0 Å². The second-order valence-corrected chi connectivity index (χ2v) is 6.91. The van der Waals surface area contributed by atoms with Crippen LogP contribution in [0.5, 0.6) is 0 Å². The summed E-state index contributed by atoms with van der Waals surface area (Å²) in [4.78, 5) is 23.5. The molecule has 29 heavy (non-hydrogen) atoms. The molecule has 0 saturated heterocycles. The van der Waals surface area contributed by atoms with Crippen molar-refractivity contribution in [3.63, 3.8) is 0 Å². The number of furan rings is 1.